The molecule has 0 radical (unpaired) electrons. The van der Waals surface area contributed by atoms with Crippen molar-refractivity contribution in [2.45, 2.75) is 13.8 Å². The molecule has 0 aliphatic rings. The van der Waals surface area contributed by atoms with Crippen LogP contribution in [0.15, 0.2) is 24.7 Å². The first kappa shape index (κ1) is 26.7. The van der Waals surface area contributed by atoms with E-state index in [0.29, 0.717) is 0 Å². The smallest absolute Gasteiger partial charge is 0.155 e. The van der Waals surface area contributed by atoms with E-state index in [2.05, 4.69) is 0 Å². The van der Waals surface area contributed by atoms with Gasteiger partial charge in [-0.3, -0.25) is 0 Å². The molecular weight excluding hydrogens is 548 g/mol. The Hall–Kier alpha value is -0.360. The van der Waals surface area contributed by atoms with Crippen LogP contribution in [0.3, 0.4) is 0 Å². The molecule has 0 aromatic heterocycles. The van der Waals surface area contributed by atoms with E-state index in [1.807, 2.05) is 26.0 Å². The number of ether oxygens (including phenoxy) is 1. The van der Waals surface area contributed by atoms with Crippen molar-refractivity contribution in [3.63, 3.8) is 0 Å². The normalized spacial score (nSPS) is 11.1. The van der Waals surface area contributed by atoms with Gasteiger partial charge in [-0.25, -0.2) is 0 Å². The van der Waals surface area contributed by atoms with Gasteiger partial charge in [-0.05, 0) is 13.8 Å². The molecule has 0 aliphatic heterocycles. The molecule has 158 valence electrons. The van der Waals surface area contributed by atoms with Crippen molar-refractivity contribution in [3.05, 3.63) is 64.9 Å². The minimum Gasteiger partial charge on any atom is -0.505 e. The SMILES string of the molecule is CC=COC=CC.Oc1c(Cl)c(Cl)c(-c2c(Cl)c(Cl)c(O)c(Cl)c2Cl)c(Cl)c1Cl. The maximum absolute atomic E-state index is 9.74. The first-order valence-corrected chi connectivity index (χ1v) is 10.5. The molecule has 0 fully saturated rings. The van der Waals surface area contributed by atoms with Crippen LogP contribution in [-0.2, 0) is 4.74 Å². The third kappa shape index (κ3) is 5.87. The van der Waals surface area contributed by atoms with Crippen molar-refractivity contribution in [1.82, 2.24) is 0 Å². The number of rotatable bonds is 3. The third-order valence-electron chi connectivity index (χ3n) is 3.16. The highest BCUT2D eigenvalue weighted by atomic mass is 35.5. The molecular formula is C18H12Cl8O3. The second-order valence-electron chi connectivity index (χ2n) is 5.03. The number of phenolic OH excluding ortho intramolecular Hbond substituents is 2. The Morgan fingerprint density at radius 3 is 0.966 bits per heavy atom. The predicted molar refractivity (Wildman–Crippen MR) is 126 cm³/mol. The van der Waals surface area contributed by atoms with Gasteiger partial charge in [0.2, 0.25) is 0 Å². The Morgan fingerprint density at radius 2 is 0.759 bits per heavy atom. The number of hydrogen-bond donors (Lipinski definition) is 2. The summed E-state index contributed by atoms with van der Waals surface area (Å²) in [6.45, 7) is 3.81. The van der Waals surface area contributed by atoms with Crippen molar-refractivity contribution in [1.29, 1.82) is 0 Å². The first-order chi connectivity index (χ1) is 13.5. The van der Waals surface area contributed by atoms with Gasteiger partial charge in [0.25, 0.3) is 0 Å². The summed E-state index contributed by atoms with van der Waals surface area (Å²) < 4.78 is 4.77. The van der Waals surface area contributed by atoms with Crippen LogP contribution in [-0.4, -0.2) is 10.2 Å². The van der Waals surface area contributed by atoms with Crippen molar-refractivity contribution >= 4 is 92.8 Å². The van der Waals surface area contributed by atoms with E-state index in [1.165, 1.54) is 0 Å². The molecule has 29 heavy (non-hydrogen) atoms. The molecule has 2 N–H and O–H groups in total. The lowest BCUT2D eigenvalue weighted by atomic mass is 10.0. The summed E-state index contributed by atoms with van der Waals surface area (Å²) in [5.41, 5.74) is 0.0462. The highest BCUT2D eigenvalue weighted by molar-refractivity contribution is 6.55. The van der Waals surface area contributed by atoms with Crippen molar-refractivity contribution in [3.8, 4) is 22.6 Å². The van der Waals surface area contributed by atoms with Gasteiger partial charge in [0.15, 0.2) is 11.5 Å². The largest absolute Gasteiger partial charge is 0.505 e. The summed E-state index contributed by atoms with van der Waals surface area (Å²) in [4.78, 5) is 0. The van der Waals surface area contributed by atoms with Crippen LogP contribution in [0.4, 0.5) is 0 Å². The highest BCUT2D eigenvalue weighted by Gasteiger charge is 2.28. The van der Waals surface area contributed by atoms with Gasteiger partial charge in [-0.2, -0.15) is 0 Å². The molecule has 2 aromatic rings. The zero-order chi connectivity index (χ0) is 22.5. The summed E-state index contributed by atoms with van der Waals surface area (Å²) in [5, 5.41) is 17.8. The van der Waals surface area contributed by atoms with E-state index >= 15 is 0 Å². The third-order valence-corrected chi connectivity index (χ3v) is 6.53. The number of aromatic hydroxyl groups is 2. The summed E-state index contributed by atoms with van der Waals surface area (Å²) in [7, 11) is 0. The van der Waals surface area contributed by atoms with E-state index in [1.54, 1.807) is 12.5 Å². The maximum Gasteiger partial charge on any atom is 0.155 e. The van der Waals surface area contributed by atoms with Crippen LogP contribution in [0.5, 0.6) is 11.5 Å². The summed E-state index contributed by atoms with van der Waals surface area (Å²) in [5.74, 6) is -0.990. The van der Waals surface area contributed by atoms with Crippen LogP contribution >= 0.6 is 92.8 Å². The number of halogens is 8. The maximum atomic E-state index is 9.74. The summed E-state index contributed by atoms with van der Waals surface area (Å²) in [6, 6.07) is 0. The molecule has 0 atom stereocenters. The Morgan fingerprint density at radius 1 is 0.517 bits per heavy atom. The minimum absolute atomic E-state index is 0.0231. The fourth-order valence-electron chi connectivity index (χ4n) is 1.88. The average molecular weight is 560 g/mol. The second-order valence-corrected chi connectivity index (χ2v) is 8.06. The number of allylic oxidation sites excluding steroid dienone is 2. The van der Waals surface area contributed by atoms with Crippen molar-refractivity contribution < 1.29 is 14.9 Å². The lowest BCUT2D eigenvalue weighted by molar-refractivity contribution is 0.401. The average Bonchev–Trinajstić information content (AvgIpc) is 2.71. The van der Waals surface area contributed by atoms with Crippen LogP contribution in [0, 0.1) is 0 Å². The molecule has 0 unspecified atom stereocenters. The van der Waals surface area contributed by atoms with Crippen molar-refractivity contribution in [2.75, 3.05) is 0 Å². The van der Waals surface area contributed by atoms with E-state index in [-0.39, 0.29) is 51.3 Å². The quantitative estimate of drug-likeness (QED) is 0.290. The van der Waals surface area contributed by atoms with E-state index in [0.717, 1.165) is 0 Å². The lowest BCUT2D eigenvalue weighted by Gasteiger charge is -2.17. The standard InChI is InChI=1S/C12H2Cl8O2.C6H10O/c13-3-1(4(14)8(18)11(21)7(3)17)2-5(15)9(19)12(22)10(20)6(2)16;1-3-5-7-6-4-2/h21-22H;3-6H,1-2H3. The first-order valence-electron chi connectivity index (χ1n) is 7.50. The van der Waals surface area contributed by atoms with Gasteiger partial charge in [0.05, 0.1) is 32.6 Å². The lowest BCUT2D eigenvalue weighted by Crippen LogP contribution is -1.91. The Bertz CT molecular complexity index is 835. The topological polar surface area (TPSA) is 49.7 Å². The molecule has 0 amide bonds. The number of phenols is 2. The highest BCUT2D eigenvalue weighted by Crippen LogP contribution is 2.56. The predicted octanol–water partition coefficient (Wildman–Crippen LogP) is 10.1. The Kier molecular flexibility index (Phi) is 10.9. The van der Waals surface area contributed by atoms with E-state index in [4.69, 9.17) is 97.5 Å². The van der Waals surface area contributed by atoms with E-state index < -0.39 is 11.5 Å². The Balaban J connectivity index is 0.000000516. The molecule has 2 rings (SSSR count). The zero-order valence-corrected chi connectivity index (χ0v) is 20.7. The minimum atomic E-state index is -0.495. The fraction of sp³-hybridized carbons (Fsp3) is 0.111. The molecule has 0 heterocycles. The van der Waals surface area contributed by atoms with Crippen LogP contribution in [0.2, 0.25) is 40.2 Å². The molecule has 0 bridgehead atoms. The molecule has 3 nitrogen and oxygen atoms in total. The van der Waals surface area contributed by atoms with Crippen LogP contribution < -0.4 is 0 Å². The van der Waals surface area contributed by atoms with Gasteiger partial charge in [-0.1, -0.05) is 105 Å². The molecule has 0 saturated heterocycles. The van der Waals surface area contributed by atoms with Crippen molar-refractivity contribution in [2.24, 2.45) is 0 Å². The number of hydrogen-bond acceptors (Lipinski definition) is 3. The van der Waals surface area contributed by atoms with Gasteiger partial charge in [-0.15, -0.1) is 0 Å². The van der Waals surface area contributed by atoms with Gasteiger partial charge in [0, 0.05) is 11.1 Å². The van der Waals surface area contributed by atoms with Gasteiger partial charge >= 0.3 is 0 Å². The second kappa shape index (κ2) is 11.9. The molecule has 0 aliphatic carbocycles. The molecule has 0 saturated carbocycles. The monoisotopic (exact) mass is 556 g/mol. The van der Waals surface area contributed by atoms with Gasteiger partial charge < -0.3 is 14.9 Å². The summed E-state index contributed by atoms with van der Waals surface area (Å²) >= 11 is 48.0. The van der Waals surface area contributed by atoms with Gasteiger partial charge in [0.1, 0.15) is 20.1 Å². The van der Waals surface area contributed by atoms with Crippen LogP contribution in [0.25, 0.3) is 11.1 Å². The molecule has 11 heteroatoms. The molecule has 0 spiro atoms. The zero-order valence-electron chi connectivity index (χ0n) is 14.6. The summed E-state index contributed by atoms with van der Waals surface area (Å²) in [6.07, 6.45) is 6.92. The molecule has 2 aromatic carbocycles. The number of benzene rings is 2. The van der Waals surface area contributed by atoms with E-state index in [9.17, 15) is 10.2 Å². The van der Waals surface area contributed by atoms with Crippen LogP contribution in [0.1, 0.15) is 13.8 Å². The Labute approximate surface area is 207 Å². The fourth-order valence-corrected chi connectivity index (χ4v) is 3.95.